The predicted octanol–water partition coefficient (Wildman–Crippen LogP) is 4.38. The minimum atomic E-state index is -0.283. The lowest BCUT2D eigenvalue weighted by atomic mass is 10.2. The molecule has 0 fully saturated rings. The van der Waals surface area contributed by atoms with Gasteiger partial charge in [0.1, 0.15) is 11.6 Å². The number of fused-ring (bicyclic) bond motifs is 1. The van der Waals surface area contributed by atoms with E-state index in [2.05, 4.69) is 39.3 Å². The van der Waals surface area contributed by atoms with Gasteiger partial charge in [0.2, 0.25) is 0 Å². The number of alkyl halides is 1. The van der Waals surface area contributed by atoms with Crippen molar-refractivity contribution in [2.45, 2.75) is 26.8 Å². The quantitative estimate of drug-likeness (QED) is 0.759. The maximum absolute atomic E-state index is 13.5. The Kier molecular flexibility index (Phi) is 4.28. The van der Waals surface area contributed by atoms with Gasteiger partial charge >= 0.3 is 0 Å². The van der Waals surface area contributed by atoms with Crippen LogP contribution in [0, 0.1) is 11.7 Å². The fourth-order valence-corrected chi connectivity index (χ4v) is 2.51. The van der Waals surface area contributed by atoms with Crippen LogP contribution in [0.15, 0.2) is 16.6 Å². The Bertz CT molecular complexity index is 566. The number of hydrogen-bond acceptors (Lipinski definition) is 1. The van der Waals surface area contributed by atoms with E-state index in [4.69, 9.17) is 11.6 Å². The zero-order chi connectivity index (χ0) is 13.3. The molecule has 1 heterocycles. The molecule has 0 atom stereocenters. The van der Waals surface area contributed by atoms with Gasteiger partial charge in [-0.25, -0.2) is 9.37 Å². The van der Waals surface area contributed by atoms with E-state index in [1.54, 1.807) is 6.07 Å². The second-order valence-electron chi connectivity index (χ2n) is 4.73. The summed E-state index contributed by atoms with van der Waals surface area (Å²) in [7, 11) is 0. The van der Waals surface area contributed by atoms with E-state index in [9.17, 15) is 4.39 Å². The Morgan fingerprint density at radius 1 is 1.44 bits per heavy atom. The van der Waals surface area contributed by atoms with Crippen molar-refractivity contribution in [2.24, 2.45) is 5.92 Å². The van der Waals surface area contributed by atoms with E-state index < -0.39 is 0 Å². The van der Waals surface area contributed by atoms with Gasteiger partial charge in [-0.05, 0) is 27.9 Å². The summed E-state index contributed by atoms with van der Waals surface area (Å²) in [6.45, 7) is 5.16. The molecule has 18 heavy (non-hydrogen) atoms. The zero-order valence-corrected chi connectivity index (χ0v) is 12.7. The van der Waals surface area contributed by atoms with Crippen LogP contribution in [0.5, 0.6) is 0 Å². The second-order valence-corrected chi connectivity index (χ2v) is 5.96. The van der Waals surface area contributed by atoms with Crippen molar-refractivity contribution >= 4 is 38.6 Å². The van der Waals surface area contributed by atoms with Crippen LogP contribution < -0.4 is 0 Å². The first-order valence-electron chi connectivity index (χ1n) is 5.93. The van der Waals surface area contributed by atoms with Crippen molar-refractivity contribution in [2.75, 3.05) is 5.88 Å². The van der Waals surface area contributed by atoms with E-state index in [1.165, 1.54) is 6.07 Å². The summed E-state index contributed by atoms with van der Waals surface area (Å²) in [6.07, 6.45) is 0.697. The lowest BCUT2D eigenvalue weighted by molar-refractivity contribution is 0.518. The highest BCUT2D eigenvalue weighted by molar-refractivity contribution is 9.10. The summed E-state index contributed by atoms with van der Waals surface area (Å²) in [5, 5.41) is 0. The third-order valence-electron chi connectivity index (χ3n) is 2.74. The molecule has 0 N–H and O–H groups in total. The van der Waals surface area contributed by atoms with Crippen LogP contribution in [-0.4, -0.2) is 15.4 Å². The standard InChI is InChI=1S/C13H15BrClFN2/c1-8(2)7-18-12-5-9(14)10(16)6-11(12)17-13(18)3-4-15/h5-6,8H,3-4,7H2,1-2H3. The summed E-state index contributed by atoms with van der Waals surface area (Å²) in [4.78, 5) is 4.48. The van der Waals surface area contributed by atoms with Crippen molar-refractivity contribution in [3.63, 3.8) is 0 Å². The van der Waals surface area contributed by atoms with Gasteiger partial charge in [0.05, 0.1) is 15.5 Å². The molecule has 0 aliphatic heterocycles. The molecule has 0 amide bonds. The van der Waals surface area contributed by atoms with E-state index in [0.29, 0.717) is 28.2 Å². The number of halogens is 3. The fraction of sp³-hybridized carbons (Fsp3) is 0.462. The van der Waals surface area contributed by atoms with Crippen LogP contribution in [0.2, 0.25) is 0 Å². The average Bonchev–Trinajstić information content (AvgIpc) is 2.58. The Morgan fingerprint density at radius 2 is 2.17 bits per heavy atom. The van der Waals surface area contributed by atoms with Crippen molar-refractivity contribution in [3.05, 3.63) is 28.2 Å². The molecule has 0 saturated carbocycles. The summed E-state index contributed by atoms with van der Waals surface area (Å²) in [5.41, 5.74) is 1.65. The summed E-state index contributed by atoms with van der Waals surface area (Å²) < 4.78 is 16.1. The van der Waals surface area contributed by atoms with Gasteiger partial charge in [-0.1, -0.05) is 13.8 Å². The molecule has 98 valence electrons. The van der Waals surface area contributed by atoms with Gasteiger partial charge in [0.25, 0.3) is 0 Å². The van der Waals surface area contributed by atoms with E-state index in [1.807, 2.05) is 0 Å². The van der Waals surface area contributed by atoms with Crippen LogP contribution in [0.4, 0.5) is 4.39 Å². The van der Waals surface area contributed by atoms with Crippen molar-refractivity contribution in [3.8, 4) is 0 Å². The smallest absolute Gasteiger partial charge is 0.139 e. The van der Waals surface area contributed by atoms with Crippen LogP contribution in [0.1, 0.15) is 19.7 Å². The highest BCUT2D eigenvalue weighted by Gasteiger charge is 2.13. The SMILES string of the molecule is CC(C)Cn1c(CCCl)nc2cc(F)c(Br)cc21. The maximum atomic E-state index is 13.5. The van der Waals surface area contributed by atoms with E-state index >= 15 is 0 Å². The number of aromatic nitrogens is 2. The average molecular weight is 334 g/mol. The topological polar surface area (TPSA) is 17.8 Å². The van der Waals surface area contributed by atoms with Crippen molar-refractivity contribution in [1.82, 2.24) is 9.55 Å². The van der Waals surface area contributed by atoms with Crippen LogP contribution in [0.25, 0.3) is 11.0 Å². The first kappa shape index (κ1) is 13.8. The molecule has 0 bridgehead atoms. The van der Waals surface area contributed by atoms with Gasteiger partial charge in [-0.15, -0.1) is 11.6 Å². The van der Waals surface area contributed by atoms with Gasteiger partial charge in [0, 0.05) is 24.9 Å². The molecule has 0 radical (unpaired) electrons. The van der Waals surface area contributed by atoms with E-state index in [-0.39, 0.29) is 5.82 Å². The highest BCUT2D eigenvalue weighted by atomic mass is 79.9. The first-order valence-corrected chi connectivity index (χ1v) is 7.25. The lowest BCUT2D eigenvalue weighted by Gasteiger charge is -2.11. The minimum absolute atomic E-state index is 0.283. The molecule has 0 aliphatic rings. The second kappa shape index (κ2) is 5.57. The molecule has 0 saturated heterocycles. The summed E-state index contributed by atoms with van der Waals surface area (Å²) in [6, 6.07) is 3.26. The Balaban J connectivity index is 2.60. The van der Waals surface area contributed by atoms with Crippen LogP contribution in [-0.2, 0) is 13.0 Å². The van der Waals surface area contributed by atoms with Crippen molar-refractivity contribution in [1.29, 1.82) is 0 Å². The summed E-state index contributed by atoms with van der Waals surface area (Å²) >= 11 is 9.02. The molecule has 0 spiro atoms. The Morgan fingerprint density at radius 3 is 2.78 bits per heavy atom. The molecular weight excluding hydrogens is 319 g/mol. The van der Waals surface area contributed by atoms with Gasteiger partial charge in [-0.3, -0.25) is 0 Å². The number of aryl methyl sites for hydroxylation is 1. The molecule has 2 rings (SSSR count). The van der Waals surface area contributed by atoms with Gasteiger partial charge < -0.3 is 4.57 Å². The summed E-state index contributed by atoms with van der Waals surface area (Å²) in [5.74, 6) is 1.66. The largest absolute Gasteiger partial charge is 0.328 e. The minimum Gasteiger partial charge on any atom is -0.328 e. The normalized spacial score (nSPS) is 11.7. The van der Waals surface area contributed by atoms with Crippen molar-refractivity contribution < 1.29 is 4.39 Å². The Hall–Kier alpha value is -0.610. The van der Waals surface area contributed by atoms with Gasteiger partial charge in [0.15, 0.2) is 0 Å². The molecule has 2 aromatic rings. The van der Waals surface area contributed by atoms with Gasteiger partial charge in [-0.2, -0.15) is 0 Å². The van der Waals surface area contributed by atoms with E-state index in [0.717, 1.165) is 17.9 Å². The zero-order valence-electron chi connectivity index (χ0n) is 10.4. The molecule has 2 nitrogen and oxygen atoms in total. The monoisotopic (exact) mass is 332 g/mol. The first-order chi connectivity index (χ1) is 8.52. The highest BCUT2D eigenvalue weighted by Crippen LogP contribution is 2.25. The van der Waals surface area contributed by atoms with Crippen LogP contribution >= 0.6 is 27.5 Å². The molecule has 5 heteroatoms. The third kappa shape index (κ3) is 2.69. The maximum Gasteiger partial charge on any atom is 0.139 e. The number of benzene rings is 1. The molecule has 1 aromatic carbocycles. The van der Waals surface area contributed by atoms with Crippen LogP contribution in [0.3, 0.4) is 0 Å². The number of imidazole rings is 1. The third-order valence-corrected chi connectivity index (χ3v) is 3.53. The lowest BCUT2D eigenvalue weighted by Crippen LogP contribution is -2.09. The Labute approximate surface area is 119 Å². The fourth-order valence-electron chi connectivity index (χ4n) is 2.01. The molecule has 0 aliphatic carbocycles. The predicted molar refractivity (Wildman–Crippen MR) is 76.7 cm³/mol. The molecule has 0 unspecified atom stereocenters. The molecule has 1 aromatic heterocycles. The molecular formula is C13H15BrClFN2. The number of nitrogens with zero attached hydrogens (tertiary/aromatic N) is 2. The number of rotatable bonds is 4. The number of hydrogen-bond donors (Lipinski definition) is 0.